The maximum Gasteiger partial charge on any atom is 0.573 e. The van der Waals surface area contributed by atoms with Crippen LogP contribution < -0.4 is 20.7 Å². The zero-order chi connectivity index (χ0) is 29.0. The monoisotopic (exact) mass is 555 g/mol. The second kappa shape index (κ2) is 11.6. The number of rotatable bonds is 8. The first kappa shape index (κ1) is 28.4. The first-order chi connectivity index (χ1) is 19.0. The molecule has 2 aromatic carbocycles. The zero-order valence-corrected chi connectivity index (χ0v) is 21.8. The Labute approximate surface area is 228 Å². The first-order valence-corrected chi connectivity index (χ1v) is 12.5. The van der Waals surface area contributed by atoms with Crippen molar-refractivity contribution in [1.29, 1.82) is 0 Å². The molecule has 12 heteroatoms. The summed E-state index contributed by atoms with van der Waals surface area (Å²) >= 11 is 0. The summed E-state index contributed by atoms with van der Waals surface area (Å²) in [5, 5.41) is 2.74. The summed E-state index contributed by atoms with van der Waals surface area (Å²) in [4.78, 5) is 46.5. The molecule has 210 valence electrons. The van der Waals surface area contributed by atoms with Gasteiger partial charge in [0.05, 0.1) is 12.0 Å². The van der Waals surface area contributed by atoms with Crippen LogP contribution in [-0.2, 0) is 16.0 Å². The number of alkyl halides is 3. The number of likely N-dealkylation sites (tertiary alicyclic amines) is 1. The van der Waals surface area contributed by atoms with E-state index in [4.69, 9.17) is 5.73 Å². The fraction of sp³-hybridized carbons (Fsp3) is 0.286. The highest BCUT2D eigenvalue weighted by Gasteiger charge is 2.55. The van der Waals surface area contributed by atoms with E-state index in [1.165, 1.54) is 23.2 Å². The quantitative estimate of drug-likeness (QED) is 0.397. The van der Waals surface area contributed by atoms with Crippen LogP contribution in [0.2, 0.25) is 0 Å². The predicted molar refractivity (Wildman–Crippen MR) is 141 cm³/mol. The molecule has 4 rings (SSSR count). The van der Waals surface area contributed by atoms with E-state index < -0.39 is 48.0 Å². The van der Waals surface area contributed by atoms with Gasteiger partial charge >= 0.3 is 12.4 Å². The Morgan fingerprint density at radius 3 is 2.40 bits per heavy atom. The van der Waals surface area contributed by atoms with Crippen molar-refractivity contribution in [3.8, 4) is 5.75 Å². The van der Waals surface area contributed by atoms with Crippen LogP contribution in [0.5, 0.6) is 5.75 Å². The number of benzene rings is 2. The number of urea groups is 1. The lowest BCUT2D eigenvalue weighted by molar-refractivity contribution is -0.274. The number of likely N-dealkylation sites (N-methyl/N-ethyl adjacent to an activating group) is 1. The van der Waals surface area contributed by atoms with Crippen molar-refractivity contribution in [2.45, 2.75) is 38.2 Å². The molecule has 9 nitrogen and oxygen atoms in total. The Balaban J connectivity index is 1.55. The summed E-state index contributed by atoms with van der Waals surface area (Å²) in [6.45, 7) is 1.77. The van der Waals surface area contributed by atoms with Crippen LogP contribution >= 0.6 is 0 Å². The molecule has 3 aromatic rings. The van der Waals surface area contributed by atoms with Crippen LogP contribution in [-0.4, -0.2) is 47.2 Å². The number of carbonyl (C=O) groups is 3. The van der Waals surface area contributed by atoms with Gasteiger partial charge in [-0.3, -0.25) is 14.5 Å². The molecule has 0 aliphatic carbocycles. The Hall–Kier alpha value is -4.61. The fourth-order valence-corrected chi connectivity index (χ4v) is 4.65. The standard InChI is InChI=1S/C28H28F3N5O4/c1-3-22(18-9-11-20(12-10-18)40-28(29,30)31)34-27(39)36-24(26(38)35(2)19-7-5-4-6-8-19)21(25(36)37)15-17-13-14-33-23(32)16-17/h4-14,16,21-22,24H,3,15H2,1-2H3,(H2,32,33)(H,34,39)/t21-,22-,24+/m1/s1. The van der Waals surface area contributed by atoms with E-state index in [1.54, 1.807) is 56.4 Å². The number of ether oxygens (including phenoxy) is 1. The largest absolute Gasteiger partial charge is 0.573 e. The number of hydrogen-bond acceptors (Lipinski definition) is 6. The molecule has 40 heavy (non-hydrogen) atoms. The van der Waals surface area contributed by atoms with E-state index in [9.17, 15) is 27.6 Å². The van der Waals surface area contributed by atoms with E-state index in [1.807, 2.05) is 0 Å². The van der Waals surface area contributed by atoms with Gasteiger partial charge in [-0.15, -0.1) is 13.2 Å². The number of para-hydroxylation sites is 1. The molecule has 0 unspecified atom stereocenters. The van der Waals surface area contributed by atoms with Gasteiger partial charge in [-0.05, 0) is 60.4 Å². The lowest BCUT2D eigenvalue weighted by atomic mass is 9.81. The fourth-order valence-electron chi connectivity index (χ4n) is 4.65. The number of pyridine rings is 1. The summed E-state index contributed by atoms with van der Waals surface area (Å²) in [5.74, 6) is -1.93. The van der Waals surface area contributed by atoms with Gasteiger partial charge in [0.1, 0.15) is 17.6 Å². The van der Waals surface area contributed by atoms with Gasteiger partial charge in [0, 0.05) is 18.9 Å². The van der Waals surface area contributed by atoms with Gasteiger partial charge in [0.25, 0.3) is 5.91 Å². The summed E-state index contributed by atoms with van der Waals surface area (Å²) < 4.78 is 41.4. The number of nitrogens with two attached hydrogens (primary N) is 1. The molecule has 0 radical (unpaired) electrons. The topological polar surface area (TPSA) is 118 Å². The molecule has 0 spiro atoms. The van der Waals surface area contributed by atoms with Gasteiger partial charge in [0.15, 0.2) is 0 Å². The van der Waals surface area contributed by atoms with Crippen molar-refractivity contribution in [3.63, 3.8) is 0 Å². The summed E-state index contributed by atoms with van der Waals surface area (Å²) in [5.41, 5.74) is 7.57. The van der Waals surface area contributed by atoms with Gasteiger partial charge in [-0.25, -0.2) is 9.78 Å². The molecule has 1 aromatic heterocycles. The zero-order valence-electron chi connectivity index (χ0n) is 21.8. The molecule has 1 saturated heterocycles. The number of imide groups is 1. The number of nitrogen functional groups attached to an aromatic ring is 1. The molecule has 3 atom stereocenters. The number of carbonyl (C=O) groups excluding carboxylic acids is 3. The van der Waals surface area contributed by atoms with E-state index in [2.05, 4.69) is 15.0 Å². The van der Waals surface area contributed by atoms with E-state index in [0.717, 1.165) is 17.0 Å². The van der Waals surface area contributed by atoms with Gasteiger partial charge in [-0.2, -0.15) is 0 Å². The smallest absolute Gasteiger partial charge is 0.406 e. The molecule has 0 bridgehead atoms. The summed E-state index contributed by atoms with van der Waals surface area (Å²) in [6, 6.07) is 14.7. The maximum atomic E-state index is 13.6. The highest BCUT2D eigenvalue weighted by Crippen LogP contribution is 2.34. The van der Waals surface area contributed by atoms with E-state index in [0.29, 0.717) is 23.2 Å². The first-order valence-electron chi connectivity index (χ1n) is 12.5. The Bertz CT molecular complexity index is 1370. The van der Waals surface area contributed by atoms with Crippen LogP contribution in [0.3, 0.4) is 0 Å². The molecular formula is C28H28F3N5O4. The number of amides is 4. The number of aromatic nitrogens is 1. The number of nitrogens with zero attached hydrogens (tertiary/aromatic N) is 3. The lowest BCUT2D eigenvalue weighted by Gasteiger charge is -2.46. The molecule has 1 aliphatic rings. The summed E-state index contributed by atoms with van der Waals surface area (Å²) in [7, 11) is 1.57. The van der Waals surface area contributed by atoms with Gasteiger partial charge < -0.3 is 20.7 Å². The molecule has 4 amide bonds. The Morgan fingerprint density at radius 1 is 1.12 bits per heavy atom. The predicted octanol–water partition coefficient (Wildman–Crippen LogP) is 4.46. The molecule has 0 saturated carbocycles. The second-order valence-corrected chi connectivity index (χ2v) is 9.31. The van der Waals surface area contributed by atoms with Crippen LogP contribution in [0.1, 0.15) is 30.5 Å². The van der Waals surface area contributed by atoms with Crippen molar-refractivity contribution < 1.29 is 32.3 Å². The molecule has 1 aliphatic heterocycles. The second-order valence-electron chi connectivity index (χ2n) is 9.31. The van der Waals surface area contributed by atoms with Crippen LogP contribution in [0.25, 0.3) is 0 Å². The maximum absolute atomic E-state index is 13.6. The SMILES string of the molecule is CC[C@@H](NC(=O)N1C(=O)[C@H](Cc2ccnc(N)c2)[C@H]1C(=O)N(C)c1ccccc1)c1ccc(OC(F)(F)F)cc1. The highest BCUT2D eigenvalue weighted by atomic mass is 19.4. The number of β-lactam (4-membered cyclic amide) rings is 1. The average molecular weight is 556 g/mol. The van der Waals surface area contributed by atoms with Gasteiger partial charge in [0.2, 0.25) is 5.91 Å². The Morgan fingerprint density at radius 2 is 1.80 bits per heavy atom. The van der Waals surface area contributed by atoms with E-state index >= 15 is 0 Å². The normalized spacial score (nSPS) is 17.5. The van der Waals surface area contributed by atoms with Crippen LogP contribution in [0.4, 0.5) is 29.5 Å². The average Bonchev–Trinajstić information content (AvgIpc) is 2.92. The molecule has 2 heterocycles. The lowest BCUT2D eigenvalue weighted by Crippen LogP contribution is -2.70. The van der Waals surface area contributed by atoms with Crippen LogP contribution in [0.15, 0.2) is 72.9 Å². The summed E-state index contributed by atoms with van der Waals surface area (Å²) in [6.07, 6.45) is -2.78. The third-order valence-electron chi connectivity index (χ3n) is 6.68. The van der Waals surface area contributed by atoms with Crippen molar-refractivity contribution >= 4 is 29.4 Å². The minimum atomic E-state index is -4.83. The third-order valence-corrected chi connectivity index (χ3v) is 6.68. The van der Waals surface area contributed by atoms with E-state index in [-0.39, 0.29) is 12.2 Å². The highest BCUT2D eigenvalue weighted by molar-refractivity contribution is 6.12. The Kier molecular flexibility index (Phi) is 8.26. The number of nitrogens with one attached hydrogen (secondary N) is 1. The molecule has 1 fully saturated rings. The minimum absolute atomic E-state index is 0.173. The van der Waals surface area contributed by atoms with Gasteiger partial charge in [-0.1, -0.05) is 37.3 Å². The van der Waals surface area contributed by atoms with Crippen molar-refractivity contribution in [1.82, 2.24) is 15.2 Å². The number of halogens is 3. The third kappa shape index (κ3) is 6.33. The minimum Gasteiger partial charge on any atom is -0.406 e. The van der Waals surface area contributed by atoms with Crippen molar-refractivity contribution in [3.05, 3.63) is 84.1 Å². The molecule has 3 N–H and O–H groups in total. The van der Waals surface area contributed by atoms with Crippen LogP contribution in [0, 0.1) is 5.92 Å². The van der Waals surface area contributed by atoms with Crippen molar-refractivity contribution in [2.75, 3.05) is 17.7 Å². The number of hydrogen-bond donors (Lipinski definition) is 2. The van der Waals surface area contributed by atoms with Crippen molar-refractivity contribution in [2.24, 2.45) is 5.92 Å². The molecular weight excluding hydrogens is 527 g/mol. The number of anilines is 2.